The third-order valence-corrected chi connectivity index (χ3v) is 4.11. The fraction of sp³-hybridized carbons (Fsp3) is 0.100. The molecule has 0 aliphatic carbocycles. The maximum atomic E-state index is 13.8. The molecule has 0 aliphatic rings. The van der Waals surface area contributed by atoms with Crippen LogP contribution >= 0.6 is 12.2 Å². The van der Waals surface area contributed by atoms with Crippen molar-refractivity contribution in [2.75, 3.05) is 5.32 Å². The van der Waals surface area contributed by atoms with Crippen LogP contribution in [0.25, 0.3) is 0 Å². The Morgan fingerprint density at radius 3 is 2.69 bits per heavy atom. The Hall–Kier alpha value is -2.99. The van der Waals surface area contributed by atoms with Crippen LogP contribution in [0.15, 0.2) is 72.0 Å². The molecule has 3 rings (SSSR count). The Bertz CT molecular complexity index is 933. The van der Waals surface area contributed by atoms with E-state index in [9.17, 15) is 4.39 Å². The van der Waals surface area contributed by atoms with E-state index in [4.69, 9.17) is 12.2 Å². The molecule has 0 spiro atoms. The van der Waals surface area contributed by atoms with E-state index in [-0.39, 0.29) is 5.82 Å². The highest BCUT2D eigenvalue weighted by atomic mass is 32.1. The molecule has 26 heavy (non-hydrogen) atoms. The van der Waals surface area contributed by atoms with Crippen LogP contribution in [-0.2, 0) is 6.54 Å². The van der Waals surface area contributed by atoms with Crippen molar-refractivity contribution in [3.63, 3.8) is 0 Å². The van der Waals surface area contributed by atoms with Gasteiger partial charge in [-0.1, -0.05) is 36.4 Å². The number of aryl methyl sites for hydroxylation is 1. The second-order valence-electron chi connectivity index (χ2n) is 5.79. The maximum absolute atomic E-state index is 13.8. The molecule has 3 aromatic rings. The van der Waals surface area contributed by atoms with Gasteiger partial charge in [-0.15, -0.1) is 0 Å². The summed E-state index contributed by atoms with van der Waals surface area (Å²) in [6.07, 6.45) is 3.55. The lowest BCUT2D eigenvalue weighted by molar-refractivity contribution is 0.599. The number of nitrogens with zero attached hydrogens (tertiary/aromatic N) is 2. The number of halogens is 1. The summed E-state index contributed by atoms with van der Waals surface area (Å²) in [5.74, 6) is -0.217. The molecule has 1 aromatic heterocycles. The van der Waals surface area contributed by atoms with Crippen LogP contribution in [0.3, 0.4) is 0 Å². The van der Waals surface area contributed by atoms with Crippen molar-refractivity contribution in [1.29, 1.82) is 0 Å². The normalized spacial score (nSPS) is 10.8. The number of anilines is 1. The van der Waals surface area contributed by atoms with Gasteiger partial charge in [-0.3, -0.25) is 5.43 Å². The van der Waals surface area contributed by atoms with Gasteiger partial charge in [0, 0.05) is 17.4 Å². The lowest BCUT2D eigenvalue weighted by Gasteiger charge is -2.10. The molecule has 0 saturated heterocycles. The zero-order valence-electron chi connectivity index (χ0n) is 14.3. The second-order valence-corrected chi connectivity index (χ2v) is 6.20. The van der Waals surface area contributed by atoms with Gasteiger partial charge in [-0.25, -0.2) is 4.39 Å². The first-order valence-electron chi connectivity index (χ1n) is 8.18. The molecule has 0 bridgehead atoms. The number of benzene rings is 2. The molecule has 2 N–H and O–H groups in total. The first-order chi connectivity index (χ1) is 12.6. The molecule has 4 nitrogen and oxygen atoms in total. The first kappa shape index (κ1) is 17.8. The Kier molecular flexibility index (Phi) is 5.76. The van der Waals surface area contributed by atoms with E-state index in [1.54, 1.807) is 18.3 Å². The Morgan fingerprint density at radius 1 is 1.12 bits per heavy atom. The third kappa shape index (κ3) is 4.55. The van der Waals surface area contributed by atoms with E-state index in [1.807, 2.05) is 60.2 Å². The van der Waals surface area contributed by atoms with Gasteiger partial charge in [-0.05, 0) is 49.0 Å². The zero-order chi connectivity index (χ0) is 18.4. The molecule has 0 unspecified atom stereocenters. The van der Waals surface area contributed by atoms with E-state index in [2.05, 4.69) is 15.8 Å². The quantitative estimate of drug-likeness (QED) is 0.402. The molecule has 0 fully saturated rings. The molecule has 0 amide bonds. The summed E-state index contributed by atoms with van der Waals surface area (Å²) in [6.45, 7) is 2.44. The molecule has 132 valence electrons. The SMILES string of the molecule is Cc1ccccc1NC(=S)N/N=C/c1cccn1Cc1ccccc1F. The lowest BCUT2D eigenvalue weighted by atomic mass is 10.2. The van der Waals surface area contributed by atoms with E-state index in [1.165, 1.54) is 6.07 Å². The summed E-state index contributed by atoms with van der Waals surface area (Å²) in [5.41, 5.74) is 6.31. The van der Waals surface area contributed by atoms with E-state index < -0.39 is 0 Å². The predicted molar refractivity (Wildman–Crippen MR) is 108 cm³/mol. The minimum Gasteiger partial charge on any atom is -0.342 e. The molecule has 0 radical (unpaired) electrons. The van der Waals surface area contributed by atoms with Crippen molar-refractivity contribution in [2.45, 2.75) is 13.5 Å². The average molecular weight is 366 g/mol. The van der Waals surface area contributed by atoms with Crippen molar-refractivity contribution >= 4 is 29.2 Å². The molecule has 0 aliphatic heterocycles. The average Bonchev–Trinajstić information content (AvgIpc) is 3.06. The number of aromatic nitrogens is 1. The van der Waals surface area contributed by atoms with E-state index >= 15 is 0 Å². The first-order valence-corrected chi connectivity index (χ1v) is 8.58. The van der Waals surface area contributed by atoms with Gasteiger partial charge in [0.25, 0.3) is 0 Å². The highest BCUT2D eigenvalue weighted by Gasteiger charge is 2.04. The molecular weight excluding hydrogens is 347 g/mol. The van der Waals surface area contributed by atoms with Gasteiger partial charge in [0.15, 0.2) is 5.11 Å². The van der Waals surface area contributed by atoms with Crippen molar-refractivity contribution in [2.24, 2.45) is 5.10 Å². The standard InChI is InChI=1S/C20H19FN4S/c1-15-7-2-5-11-19(15)23-20(26)24-22-13-17-9-6-12-25(17)14-16-8-3-4-10-18(16)21/h2-13H,14H2,1H3,(H2,23,24,26)/b22-13+. The Labute approximate surface area is 157 Å². The monoisotopic (exact) mass is 366 g/mol. The zero-order valence-corrected chi connectivity index (χ0v) is 15.1. The molecule has 1 heterocycles. The minimum atomic E-state index is -0.217. The number of para-hydroxylation sites is 1. The van der Waals surface area contributed by atoms with Gasteiger partial charge in [0.05, 0.1) is 18.5 Å². The van der Waals surface area contributed by atoms with Gasteiger partial charge in [0.2, 0.25) is 0 Å². The largest absolute Gasteiger partial charge is 0.342 e. The lowest BCUT2D eigenvalue weighted by Crippen LogP contribution is -2.24. The van der Waals surface area contributed by atoms with Crippen LogP contribution in [-0.4, -0.2) is 15.9 Å². The fourth-order valence-electron chi connectivity index (χ4n) is 2.52. The van der Waals surface area contributed by atoms with Crippen molar-refractivity contribution in [3.05, 3.63) is 89.5 Å². The summed E-state index contributed by atoms with van der Waals surface area (Å²) in [7, 11) is 0. The van der Waals surface area contributed by atoms with Crippen LogP contribution < -0.4 is 10.7 Å². The van der Waals surface area contributed by atoms with Crippen molar-refractivity contribution in [3.8, 4) is 0 Å². The van der Waals surface area contributed by atoms with Crippen LogP contribution in [0.4, 0.5) is 10.1 Å². The summed E-state index contributed by atoms with van der Waals surface area (Å²) < 4.78 is 15.7. The number of thiocarbonyl (C=S) groups is 1. The molecule has 6 heteroatoms. The molecule has 2 aromatic carbocycles. The number of hydrogen-bond donors (Lipinski definition) is 2. The summed E-state index contributed by atoms with van der Waals surface area (Å²) >= 11 is 5.25. The summed E-state index contributed by atoms with van der Waals surface area (Å²) in [6, 6.07) is 18.4. The summed E-state index contributed by atoms with van der Waals surface area (Å²) in [5, 5.41) is 7.68. The number of hydrazone groups is 1. The fourth-order valence-corrected chi connectivity index (χ4v) is 2.68. The number of rotatable bonds is 5. The van der Waals surface area contributed by atoms with Gasteiger partial charge in [0.1, 0.15) is 5.82 Å². The van der Waals surface area contributed by atoms with Crippen LogP contribution in [0.1, 0.15) is 16.8 Å². The predicted octanol–water partition coefficient (Wildman–Crippen LogP) is 4.30. The maximum Gasteiger partial charge on any atom is 0.191 e. The van der Waals surface area contributed by atoms with Crippen LogP contribution in [0, 0.1) is 12.7 Å². The highest BCUT2D eigenvalue weighted by molar-refractivity contribution is 7.80. The molecule has 0 saturated carbocycles. The smallest absolute Gasteiger partial charge is 0.191 e. The second kappa shape index (κ2) is 8.40. The van der Waals surface area contributed by atoms with Gasteiger partial charge >= 0.3 is 0 Å². The van der Waals surface area contributed by atoms with Crippen molar-refractivity contribution < 1.29 is 4.39 Å². The number of nitrogens with one attached hydrogen (secondary N) is 2. The number of hydrogen-bond acceptors (Lipinski definition) is 2. The Morgan fingerprint density at radius 2 is 1.88 bits per heavy atom. The third-order valence-electron chi connectivity index (χ3n) is 3.92. The summed E-state index contributed by atoms with van der Waals surface area (Å²) in [4.78, 5) is 0. The van der Waals surface area contributed by atoms with Crippen molar-refractivity contribution in [1.82, 2.24) is 9.99 Å². The molecule has 0 atom stereocenters. The van der Waals surface area contributed by atoms with Crippen LogP contribution in [0.5, 0.6) is 0 Å². The minimum absolute atomic E-state index is 0.217. The van der Waals surface area contributed by atoms with Crippen LogP contribution in [0.2, 0.25) is 0 Å². The molecular formula is C20H19FN4S. The van der Waals surface area contributed by atoms with E-state index in [0.29, 0.717) is 17.2 Å². The van der Waals surface area contributed by atoms with E-state index in [0.717, 1.165) is 16.9 Å². The Balaban J connectivity index is 1.61. The van der Waals surface area contributed by atoms with Gasteiger partial charge < -0.3 is 9.88 Å². The topological polar surface area (TPSA) is 41.4 Å². The highest BCUT2D eigenvalue weighted by Crippen LogP contribution is 2.13. The van der Waals surface area contributed by atoms with Gasteiger partial charge in [-0.2, -0.15) is 5.10 Å².